The third-order valence-corrected chi connectivity index (χ3v) is 4.87. The lowest BCUT2D eigenvalue weighted by Crippen LogP contribution is -2.38. The molecule has 0 unspecified atom stereocenters. The van der Waals surface area contributed by atoms with Gasteiger partial charge in [0.15, 0.2) is 0 Å². The predicted octanol–water partition coefficient (Wildman–Crippen LogP) is 3.73. The number of aromatic amines is 1. The molecule has 4 rings (SSSR count). The summed E-state index contributed by atoms with van der Waals surface area (Å²) in [5, 5.41) is 30.1. The number of para-hydroxylation sites is 1. The van der Waals surface area contributed by atoms with Gasteiger partial charge in [-0.1, -0.05) is 29.8 Å². The Morgan fingerprint density at radius 2 is 1.96 bits per heavy atom. The van der Waals surface area contributed by atoms with Crippen LogP contribution in [0.25, 0.3) is 11.3 Å². The van der Waals surface area contributed by atoms with Gasteiger partial charge >= 0.3 is 6.03 Å². The number of halogens is 1. The second-order valence-electron chi connectivity index (χ2n) is 6.32. The number of anilines is 1. The highest BCUT2D eigenvalue weighted by Gasteiger charge is 2.27. The van der Waals surface area contributed by atoms with Crippen LogP contribution in [0.15, 0.2) is 42.5 Å². The molecule has 0 saturated heterocycles. The molecule has 0 spiro atoms. The Morgan fingerprint density at radius 1 is 1.19 bits per heavy atom. The van der Waals surface area contributed by atoms with Crippen molar-refractivity contribution in [3.8, 4) is 22.8 Å². The minimum absolute atomic E-state index is 0.119. The normalized spacial score (nSPS) is 13.3. The number of hydrogen-bond acceptors (Lipinski definition) is 4. The number of rotatable bonds is 2. The van der Waals surface area contributed by atoms with Crippen LogP contribution in [0.5, 0.6) is 11.5 Å². The minimum Gasteiger partial charge on any atom is -0.507 e. The van der Waals surface area contributed by atoms with Crippen LogP contribution >= 0.6 is 11.6 Å². The van der Waals surface area contributed by atoms with E-state index < -0.39 is 0 Å². The average molecular weight is 385 g/mol. The van der Waals surface area contributed by atoms with Crippen LogP contribution in [0, 0.1) is 0 Å². The number of phenols is 2. The highest BCUT2D eigenvalue weighted by Crippen LogP contribution is 2.39. The number of nitrogens with zero attached hydrogens (tertiary/aromatic N) is 2. The molecule has 1 aliphatic heterocycles. The lowest BCUT2D eigenvalue weighted by Gasteiger charge is -2.27. The third-order valence-electron chi connectivity index (χ3n) is 4.57. The second-order valence-corrected chi connectivity index (χ2v) is 6.73. The van der Waals surface area contributed by atoms with Crippen molar-refractivity contribution in [2.24, 2.45) is 0 Å². The van der Waals surface area contributed by atoms with Gasteiger partial charge in [0.2, 0.25) is 0 Å². The molecule has 27 heavy (non-hydrogen) atoms. The number of aromatic hydroxyl groups is 2. The summed E-state index contributed by atoms with van der Waals surface area (Å²) in [7, 11) is 0. The van der Waals surface area contributed by atoms with E-state index >= 15 is 0 Å². The fourth-order valence-electron chi connectivity index (χ4n) is 3.16. The maximum atomic E-state index is 12.6. The van der Waals surface area contributed by atoms with Crippen LogP contribution in [0.1, 0.15) is 11.3 Å². The van der Waals surface area contributed by atoms with Gasteiger partial charge < -0.3 is 20.4 Å². The van der Waals surface area contributed by atoms with Crippen molar-refractivity contribution in [2.75, 3.05) is 11.9 Å². The van der Waals surface area contributed by atoms with E-state index in [1.54, 1.807) is 4.90 Å². The lowest BCUT2D eigenvalue weighted by atomic mass is 10.0. The summed E-state index contributed by atoms with van der Waals surface area (Å²) in [5.41, 5.74) is 3.38. The van der Waals surface area contributed by atoms with Crippen molar-refractivity contribution in [3.63, 3.8) is 0 Å². The van der Waals surface area contributed by atoms with E-state index in [-0.39, 0.29) is 22.6 Å². The standard InChI is InChI=1S/C19H17ClN4O3/c20-14-8-12(16(25)9-17(14)26)18-13-10-24(7-6-15(13)22-23-18)19(27)21-11-4-2-1-3-5-11/h1-5,8-9,25-26H,6-7,10H2,(H,21,27)(H,22,23). The van der Waals surface area contributed by atoms with Crippen LogP contribution in [0.4, 0.5) is 10.5 Å². The smallest absolute Gasteiger partial charge is 0.322 e. The number of nitrogens with one attached hydrogen (secondary N) is 2. The van der Waals surface area contributed by atoms with E-state index in [0.717, 1.165) is 16.9 Å². The molecular weight excluding hydrogens is 368 g/mol. The quantitative estimate of drug-likeness (QED) is 0.540. The Balaban J connectivity index is 1.61. The first-order valence-electron chi connectivity index (χ1n) is 8.42. The number of carbonyl (C=O) groups excluding carboxylic acids is 1. The monoisotopic (exact) mass is 384 g/mol. The number of H-pyrrole nitrogens is 1. The first kappa shape index (κ1) is 17.2. The molecule has 0 saturated carbocycles. The van der Waals surface area contributed by atoms with Crippen molar-refractivity contribution in [3.05, 3.63) is 58.7 Å². The molecule has 0 radical (unpaired) electrons. The maximum Gasteiger partial charge on any atom is 0.322 e. The highest BCUT2D eigenvalue weighted by atomic mass is 35.5. The zero-order chi connectivity index (χ0) is 19.0. The fraction of sp³-hybridized carbons (Fsp3) is 0.158. The van der Waals surface area contributed by atoms with Crippen LogP contribution in [-0.4, -0.2) is 37.9 Å². The number of benzene rings is 2. The van der Waals surface area contributed by atoms with Crippen molar-refractivity contribution in [2.45, 2.75) is 13.0 Å². The topological polar surface area (TPSA) is 101 Å². The molecule has 7 nitrogen and oxygen atoms in total. The Hall–Kier alpha value is -3.19. The Labute approximate surface area is 160 Å². The minimum atomic E-state index is -0.203. The van der Waals surface area contributed by atoms with Crippen LogP contribution in [0.2, 0.25) is 5.02 Å². The fourth-order valence-corrected chi connectivity index (χ4v) is 3.32. The first-order chi connectivity index (χ1) is 13.0. The van der Waals surface area contributed by atoms with Gasteiger partial charge in [0, 0.05) is 41.5 Å². The molecule has 2 amide bonds. The van der Waals surface area contributed by atoms with Gasteiger partial charge in [0.25, 0.3) is 0 Å². The van der Waals surface area contributed by atoms with Crippen LogP contribution in [0.3, 0.4) is 0 Å². The van der Waals surface area contributed by atoms with E-state index in [1.165, 1.54) is 12.1 Å². The molecule has 2 heterocycles. The Kier molecular flexibility index (Phi) is 4.37. The Morgan fingerprint density at radius 3 is 2.74 bits per heavy atom. The van der Waals surface area contributed by atoms with Gasteiger partial charge in [-0.25, -0.2) is 4.79 Å². The summed E-state index contributed by atoms with van der Waals surface area (Å²) < 4.78 is 0. The summed E-state index contributed by atoms with van der Waals surface area (Å²) in [6, 6.07) is 11.7. The van der Waals surface area contributed by atoms with E-state index in [1.807, 2.05) is 30.3 Å². The summed E-state index contributed by atoms with van der Waals surface area (Å²) in [6.45, 7) is 0.896. The van der Waals surface area contributed by atoms with Crippen molar-refractivity contribution < 1.29 is 15.0 Å². The summed E-state index contributed by atoms with van der Waals surface area (Å²) in [4.78, 5) is 14.3. The molecule has 0 aliphatic carbocycles. The third kappa shape index (κ3) is 3.29. The van der Waals surface area contributed by atoms with E-state index in [4.69, 9.17) is 11.6 Å². The van der Waals surface area contributed by atoms with Crippen molar-refractivity contribution >= 4 is 23.3 Å². The molecular formula is C19H17ClN4O3. The number of hydrogen-bond donors (Lipinski definition) is 4. The molecule has 138 valence electrons. The van der Waals surface area contributed by atoms with Gasteiger partial charge in [0.1, 0.15) is 17.2 Å². The zero-order valence-electron chi connectivity index (χ0n) is 14.2. The summed E-state index contributed by atoms with van der Waals surface area (Å²) >= 11 is 5.98. The molecule has 1 aliphatic rings. The summed E-state index contributed by atoms with van der Waals surface area (Å²) in [5.74, 6) is -0.330. The number of amides is 2. The van der Waals surface area contributed by atoms with Crippen LogP contribution < -0.4 is 5.32 Å². The highest BCUT2D eigenvalue weighted by molar-refractivity contribution is 6.32. The van der Waals surface area contributed by atoms with Gasteiger partial charge in [0.05, 0.1) is 11.6 Å². The maximum absolute atomic E-state index is 12.6. The van der Waals surface area contributed by atoms with E-state index in [9.17, 15) is 15.0 Å². The first-order valence-corrected chi connectivity index (χ1v) is 8.79. The molecule has 1 aromatic heterocycles. The van der Waals surface area contributed by atoms with E-state index in [2.05, 4.69) is 15.5 Å². The number of aromatic nitrogens is 2. The molecule has 0 bridgehead atoms. The SMILES string of the molecule is O=C(Nc1ccccc1)N1CCc2[nH]nc(-c3cc(Cl)c(O)cc3O)c2C1. The summed E-state index contributed by atoms with van der Waals surface area (Å²) in [6.07, 6.45) is 0.622. The van der Waals surface area contributed by atoms with Gasteiger partial charge in [-0.05, 0) is 18.2 Å². The number of carbonyl (C=O) groups is 1. The molecule has 3 aromatic rings. The average Bonchev–Trinajstić information content (AvgIpc) is 3.08. The van der Waals surface area contributed by atoms with Crippen molar-refractivity contribution in [1.82, 2.24) is 15.1 Å². The van der Waals surface area contributed by atoms with E-state index in [0.29, 0.717) is 30.8 Å². The van der Waals surface area contributed by atoms with Gasteiger partial charge in [-0.2, -0.15) is 5.10 Å². The van der Waals surface area contributed by atoms with Crippen molar-refractivity contribution in [1.29, 1.82) is 0 Å². The van der Waals surface area contributed by atoms with Gasteiger partial charge in [-0.3, -0.25) is 5.10 Å². The van der Waals surface area contributed by atoms with Crippen LogP contribution in [-0.2, 0) is 13.0 Å². The molecule has 4 N–H and O–H groups in total. The predicted molar refractivity (Wildman–Crippen MR) is 102 cm³/mol. The lowest BCUT2D eigenvalue weighted by molar-refractivity contribution is 0.206. The Bertz CT molecular complexity index is 1000. The largest absolute Gasteiger partial charge is 0.507 e. The molecule has 2 aromatic carbocycles. The molecule has 0 fully saturated rings. The molecule has 8 heteroatoms. The number of phenolic OH excluding ortho intramolecular Hbond substituents is 2. The zero-order valence-corrected chi connectivity index (χ0v) is 15.0. The number of fused-ring (bicyclic) bond motifs is 1. The molecule has 0 atom stereocenters. The van der Waals surface area contributed by atoms with Gasteiger partial charge in [-0.15, -0.1) is 0 Å². The number of urea groups is 1. The second kappa shape index (κ2) is 6.85.